The quantitative estimate of drug-likeness (QED) is 0.221. The molecule has 1 N–H and O–H groups in total. The predicted molar refractivity (Wildman–Crippen MR) is 178 cm³/mol. The molecule has 47 heavy (non-hydrogen) atoms. The fraction of sp³-hybridized carbons (Fsp3) is 0.294. The average molecular weight is 659 g/mol. The van der Waals surface area contributed by atoms with Gasteiger partial charge in [0.1, 0.15) is 11.2 Å². The molecule has 12 nitrogen and oxygen atoms in total. The van der Waals surface area contributed by atoms with E-state index >= 15 is 0 Å². The van der Waals surface area contributed by atoms with E-state index in [1.54, 1.807) is 67.6 Å². The number of imidazole rings is 1. The third-order valence-electron chi connectivity index (χ3n) is 7.83. The van der Waals surface area contributed by atoms with Crippen molar-refractivity contribution in [3.63, 3.8) is 0 Å². The van der Waals surface area contributed by atoms with Crippen LogP contribution in [0.25, 0.3) is 11.1 Å². The number of anilines is 2. The Morgan fingerprint density at radius 3 is 2.51 bits per heavy atom. The van der Waals surface area contributed by atoms with Crippen LogP contribution in [0.5, 0.6) is 0 Å². The van der Waals surface area contributed by atoms with Crippen LogP contribution in [0.1, 0.15) is 69.1 Å². The maximum Gasteiger partial charge on any atom is 0.410 e. The van der Waals surface area contributed by atoms with Gasteiger partial charge in [0.25, 0.3) is 11.5 Å². The standard InChI is InChI=1S/C34H35ClN6O6/c1-20-24(11-8-12-26(20)37-30(43)25-15-21(19-42)17-38(5)31(25)44)22-9-7-10-23(16-22)41(35)32(45)29-36-27-18-40(14-13-28(27)39(29)6)33(46)47-34(2,3)4/h7-12,15-17,19H,13-14,18H2,1-6H3,(H,37,43). The van der Waals surface area contributed by atoms with E-state index in [9.17, 15) is 24.0 Å². The number of hydrogen-bond donors (Lipinski definition) is 1. The molecule has 0 atom stereocenters. The van der Waals surface area contributed by atoms with Gasteiger partial charge in [-0.05, 0) is 68.7 Å². The number of benzene rings is 2. The highest BCUT2D eigenvalue weighted by atomic mass is 35.5. The molecule has 0 spiro atoms. The Bertz CT molecular complexity index is 1970. The lowest BCUT2D eigenvalue weighted by Gasteiger charge is -2.29. The molecule has 0 bridgehead atoms. The van der Waals surface area contributed by atoms with Crippen molar-refractivity contribution in [3.8, 4) is 11.1 Å². The average Bonchev–Trinajstić information content (AvgIpc) is 3.37. The van der Waals surface area contributed by atoms with E-state index in [-0.39, 0.29) is 23.5 Å². The van der Waals surface area contributed by atoms with E-state index in [4.69, 9.17) is 16.5 Å². The lowest BCUT2D eigenvalue weighted by atomic mass is 9.98. The molecular formula is C34H35ClN6O6. The predicted octanol–water partition coefficient (Wildman–Crippen LogP) is 5.25. The molecule has 0 saturated heterocycles. The summed E-state index contributed by atoms with van der Waals surface area (Å²) in [6.07, 6.45) is 2.00. The number of aldehydes is 1. The molecular weight excluding hydrogens is 624 g/mol. The highest BCUT2D eigenvalue weighted by Gasteiger charge is 2.31. The van der Waals surface area contributed by atoms with Gasteiger partial charge in [-0.25, -0.2) is 14.2 Å². The van der Waals surface area contributed by atoms with Gasteiger partial charge in [0.05, 0.1) is 17.9 Å². The molecule has 1 aliphatic rings. The first-order valence-corrected chi connectivity index (χ1v) is 15.2. The van der Waals surface area contributed by atoms with E-state index < -0.39 is 29.1 Å². The van der Waals surface area contributed by atoms with E-state index in [1.165, 1.54) is 23.9 Å². The number of carbonyl (C=O) groups excluding carboxylic acids is 4. The number of rotatable bonds is 6. The number of fused-ring (bicyclic) bond motifs is 1. The van der Waals surface area contributed by atoms with Crippen LogP contribution >= 0.6 is 11.8 Å². The van der Waals surface area contributed by atoms with Crippen LogP contribution in [0.15, 0.2) is 59.5 Å². The number of nitrogens with one attached hydrogen (secondary N) is 1. The van der Waals surface area contributed by atoms with Crippen molar-refractivity contribution in [2.75, 3.05) is 16.3 Å². The fourth-order valence-corrected chi connectivity index (χ4v) is 5.62. The minimum atomic E-state index is -0.646. The summed E-state index contributed by atoms with van der Waals surface area (Å²) < 4.78 is 9.40. The zero-order chi connectivity index (χ0) is 34.2. The number of amides is 3. The minimum absolute atomic E-state index is 0.132. The lowest BCUT2D eigenvalue weighted by Crippen LogP contribution is -2.40. The molecule has 2 aromatic carbocycles. The molecule has 0 radical (unpaired) electrons. The summed E-state index contributed by atoms with van der Waals surface area (Å²) >= 11 is 6.63. The van der Waals surface area contributed by atoms with Crippen LogP contribution in [0.3, 0.4) is 0 Å². The molecule has 5 rings (SSSR count). The lowest BCUT2D eigenvalue weighted by molar-refractivity contribution is 0.0220. The van der Waals surface area contributed by atoms with E-state index in [1.807, 2.05) is 19.1 Å². The number of aryl methyl sites for hydroxylation is 1. The molecule has 13 heteroatoms. The van der Waals surface area contributed by atoms with Crippen molar-refractivity contribution in [1.82, 2.24) is 19.0 Å². The summed E-state index contributed by atoms with van der Waals surface area (Å²) in [5, 5.41) is 2.78. The Morgan fingerprint density at radius 2 is 1.81 bits per heavy atom. The Morgan fingerprint density at radius 1 is 1.09 bits per heavy atom. The minimum Gasteiger partial charge on any atom is -0.444 e. The third kappa shape index (κ3) is 6.82. The number of hydrogen-bond acceptors (Lipinski definition) is 7. The van der Waals surface area contributed by atoms with Gasteiger partial charge in [0.15, 0.2) is 6.29 Å². The second-order valence-corrected chi connectivity index (χ2v) is 12.7. The number of ether oxygens (including phenoxy) is 1. The molecule has 3 heterocycles. The van der Waals surface area contributed by atoms with Gasteiger partial charge < -0.3 is 24.1 Å². The summed E-state index contributed by atoms with van der Waals surface area (Å²) in [6.45, 7) is 7.88. The van der Waals surface area contributed by atoms with Gasteiger partial charge in [0, 0.05) is 62.0 Å². The van der Waals surface area contributed by atoms with Crippen molar-refractivity contribution in [2.45, 2.75) is 46.3 Å². The van der Waals surface area contributed by atoms with E-state index in [0.29, 0.717) is 41.9 Å². The monoisotopic (exact) mass is 658 g/mol. The van der Waals surface area contributed by atoms with Gasteiger partial charge in [-0.3, -0.25) is 19.2 Å². The van der Waals surface area contributed by atoms with Crippen molar-refractivity contribution < 1.29 is 23.9 Å². The summed E-state index contributed by atoms with van der Waals surface area (Å²) in [5.41, 5.74) is 3.38. The SMILES string of the molecule is Cc1c(NC(=O)c2cc(C=O)cn(C)c2=O)cccc1-c1cccc(N(Cl)C(=O)c2nc3c(n2C)CCN(C(=O)OC(C)(C)C)C3)c1. The highest BCUT2D eigenvalue weighted by molar-refractivity contribution is 6.38. The molecule has 1 aliphatic heterocycles. The second kappa shape index (κ2) is 12.9. The van der Waals surface area contributed by atoms with Gasteiger partial charge in [-0.1, -0.05) is 24.3 Å². The normalized spacial score (nSPS) is 12.7. The number of halogens is 1. The number of carbonyl (C=O) groups is 4. The number of nitrogens with zero attached hydrogens (tertiary/aromatic N) is 5. The van der Waals surface area contributed by atoms with Gasteiger partial charge in [-0.15, -0.1) is 0 Å². The molecule has 0 saturated carbocycles. The van der Waals surface area contributed by atoms with Crippen LogP contribution in [-0.4, -0.2) is 55.4 Å². The zero-order valence-corrected chi connectivity index (χ0v) is 27.7. The summed E-state index contributed by atoms with van der Waals surface area (Å²) in [6, 6.07) is 13.6. The van der Waals surface area contributed by atoms with Gasteiger partial charge >= 0.3 is 12.0 Å². The second-order valence-electron chi connectivity index (χ2n) is 12.3. The summed E-state index contributed by atoms with van der Waals surface area (Å²) in [7, 11) is 3.22. The molecule has 0 unspecified atom stereocenters. The van der Waals surface area contributed by atoms with Crippen molar-refractivity contribution in [2.24, 2.45) is 14.1 Å². The van der Waals surface area contributed by atoms with Crippen LogP contribution in [0, 0.1) is 6.92 Å². The Kier molecular flexibility index (Phi) is 9.08. The summed E-state index contributed by atoms with van der Waals surface area (Å²) in [4.78, 5) is 69.3. The topological polar surface area (TPSA) is 136 Å². The largest absolute Gasteiger partial charge is 0.444 e. The van der Waals surface area contributed by atoms with E-state index in [0.717, 1.165) is 21.2 Å². The van der Waals surface area contributed by atoms with Crippen molar-refractivity contribution in [3.05, 3.63) is 99.0 Å². The molecule has 4 aromatic rings. The first-order valence-electron chi connectivity index (χ1n) is 14.9. The molecule has 0 aliphatic carbocycles. The Labute approximate surface area is 276 Å². The molecule has 0 fully saturated rings. The Balaban J connectivity index is 1.37. The molecule has 244 valence electrons. The van der Waals surface area contributed by atoms with Crippen LogP contribution in [-0.2, 0) is 31.8 Å². The maximum atomic E-state index is 13.6. The Hall–Kier alpha value is -5.23. The van der Waals surface area contributed by atoms with Crippen LogP contribution in [0.4, 0.5) is 16.2 Å². The smallest absolute Gasteiger partial charge is 0.410 e. The first kappa shape index (κ1) is 33.1. The third-order valence-corrected chi connectivity index (χ3v) is 8.18. The maximum absolute atomic E-state index is 13.6. The van der Waals surface area contributed by atoms with E-state index in [2.05, 4.69) is 10.3 Å². The summed E-state index contributed by atoms with van der Waals surface area (Å²) in [5.74, 6) is -1.05. The molecule has 2 aromatic heterocycles. The first-order chi connectivity index (χ1) is 22.2. The van der Waals surface area contributed by atoms with Crippen LogP contribution in [0.2, 0.25) is 0 Å². The fourth-order valence-electron chi connectivity index (χ4n) is 5.44. The van der Waals surface area contributed by atoms with Crippen LogP contribution < -0.4 is 15.3 Å². The van der Waals surface area contributed by atoms with Gasteiger partial charge in [0.2, 0.25) is 5.82 Å². The molecule has 3 amide bonds. The number of pyridine rings is 1. The highest BCUT2D eigenvalue weighted by Crippen LogP contribution is 2.32. The van der Waals surface area contributed by atoms with Gasteiger partial charge in [-0.2, -0.15) is 0 Å². The van der Waals surface area contributed by atoms with Crippen molar-refractivity contribution in [1.29, 1.82) is 0 Å². The van der Waals surface area contributed by atoms with Crippen molar-refractivity contribution >= 4 is 47.3 Å². The zero-order valence-electron chi connectivity index (χ0n) is 27.0. The number of aromatic nitrogens is 3.